The Hall–Kier alpha value is -1.57. The zero-order chi connectivity index (χ0) is 20.8. The number of hydrogen-bond donors (Lipinski definition) is 0. The number of hydrogen-bond acceptors (Lipinski definition) is 3. The molecule has 2 rings (SSSR count). The van der Waals surface area contributed by atoms with Crippen molar-refractivity contribution in [3.05, 3.63) is 59.7 Å². The van der Waals surface area contributed by atoms with Crippen molar-refractivity contribution in [1.29, 1.82) is 0 Å². The standard InChI is InChI=1S/C24H36NO2P/c1-17(2)21-13-9-11-15-23(21)26-28(25(19(5)6)20(7)8)27-24-16-12-10-14-22(24)18(3)4/h9-20H,1-8H3. The topological polar surface area (TPSA) is 21.7 Å². The van der Waals surface area contributed by atoms with E-state index >= 15 is 0 Å². The summed E-state index contributed by atoms with van der Waals surface area (Å²) in [6.07, 6.45) is 0. The van der Waals surface area contributed by atoms with E-state index in [1.165, 1.54) is 11.1 Å². The molecule has 0 spiro atoms. The lowest BCUT2D eigenvalue weighted by atomic mass is 10.0. The molecule has 0 aliphatic carbocycles. The summed E-state index contributed by atoms with van der Waals surface area (Å²) in [5.41, 5.74) is 2.42. The first-order chi connectivity index (χ1) is 13.2. The first-order valence-electron chi connectivity index (χ1n) is 10.3. The highest BCUT2D eigenvalue weighted by atomic mass is 31.2. The summed E-state index contributed by atoms with van der Waals surface area (Å²) in [4.78, 5) is 0. The van der Waals surface area contributed by atoms with Gasteiger partial charge >= 0.3 is 8.53 Å². The predicted octanol–water partition coefficient (Wildman–Crippen LogP) is 7.74. The maximum absolute atomic E-state index is 6.60. The largest absolute Gasteiger partial charge is 0.427 e. The maximum Gasteiger partial charge on any atom is 0.385 e. The zero-order valence-electron chi connectivity index (χ0n) is 18.6. The Labute approximate surface area is 173 Å². The van der Waals surface area contributed by atoms with Crippen LogP contribution in [0.5, 0.6) is 11.5 Å². The second kappa shape index (κ2) is 10.3. The molecular formula is C24H36NO2P. The van der Waals surface area contributed by atoms with Gasteiger partial charge in [-0.05, 0) is 62.8 Å². The predicted molar refractivity (Wildman–Crippen MR) is 121 cm³/mol. The van der Waals surface area contributed by atoms with Crippen LogP contribution in [0.3, 0.4) is 0 Å². The molecule has 4 heteroatoms. The van der Waals surface area contributed by atoms with E-state index in [0.717, 1.165) is 11.5 Å². The third kappa shape index (κ3) is 5.72. The van der Waals surface area contributed by atoms with E-state index in [0.29, 0.717) is 23.9 Å². The summed E-state index contributed by atoms with van der Waals surface area (Å²) in [5, 5.41) is 0. The van der Waals surface area contributed by atoms with E-state index in [1.54, 1.807) is 0 Å². The molecule has 0 radical (unpaired) electrons. The first-order valence-corrected chi connectivity index (χ1v) is 11.5. The number of nitrogens with zero attached hydrogens (tertiary/aromatic N) is 1. The average Bonchev–Trinajstić information content (AvgIpc) is 2.61. The fourth-order valence-corrected chi connectivity index (χ4v) is 4.99. The minimum atomic E-state index is -1.30. The van der Waals surface area contributed by atoms with Crippen LogP contribution < -0.4 is 9.05 Å². The van der Waals surface area contributed by atoms with Gasteiger partial charge < -0.3 is 9.05 Å². The Bertz CT molecular complexity index is 681. The molecule has 28 heavy (non-hydrogen) atoms. The number of rotatable bonds is 9. The number of benzene rings is 2. The number of para-hydroxylation sites is 2. The van der Waals surface area contributed by atoms with Crippen molar-refractivity contribution in [3.63, 3.8) is 0 Å². The molecule has 0 saturated carbocycles. The van der Waals surface area contributed by atoms with Gasteiger partial charge in [0.05, 0.1) is 0 Å². The highest BCUT2D eigenvalue weighted by Crippen LogP contribution is 2.49. The molecule has 3 nitrogen and oxygen atoms in total. The summed E-state index contributed by atoms with van der Waals surface area (Å²) in [7, 11) is -1.30. The fraction of sp³-hybridized carbons (Fsp3) is 0.500. The van der Waals surface area contributed by atoms with E-state index in [9.17, 15) is 0 Å². The highest BCUT2D eigenvalue weighted by molar-refractivity contribution is 7.45. The van der Waals surface area contributed by atoms with Crippen molar-refractivity contribution in [2.45, 2.75) is 79.3 Å². The van der Waals surface area contributed by atoms with Crippen LogP contribution in [-0.4, -0.2) is 16.8 Å². The van der Waals surface area contributed by atoms with Gasteiger partial charge in [0.2, 0.25) is 0 Å². The van der Waals surface area contributed by atoms with Gasteiger partial charge in [-0.1, -0.05) is 64.1 Å². The van der Waals surface area contributed by atoms with Gasteiger partial charge in [-0.25, -0.2) is 4.67 Å². The van der Waals surface area contributed by atoms with Gasteiger partial charge in [-0.3, -0.25) is 0 Å². The normalized spacial score (nSPS) is 12.1. The molecule has 0 heterocycles. The molecule has 0 fully saturated rings. The maximum atomic E-state index is 6.60. The monoisotopic (exact) mass is 401 g/mol. The highest BCUT2D eigenvalue weighted by Gasteiger charge is 2.31. The van der Waals surface area contributed by atoms with Crippen LogP contribution in [0.15, 0.2) is 48.5 Å². The summed E-state index contributed by atoms with van der Waals surface area (Å²) < 4.78 is 15.5. The van der Waals surface area contributed by atoms with Crippen LogP contribution in [0.25, 0.3) is 0 Å². The summed E-state index contributed by atoms with van der Waals surface area (Å²) in [6, 6.07) is 17.2. The Morgan fingerprint density at radius 1 is 0.607 bits per heavy atom. The minimum absolute atomic E-state index is 0.309. The lowest BCUT2D eigenvalue weighted by Crippen LogP contribution is -2.35. The van der Waals surface area contributed by atoms with Gasteiger partial charge in [0.25, 0.3) is 0 Å². The smallest absolute Gasteiger partial charge is 0.385 e. The van der Waals surface area contributed by atoms with Crippen molar-refractivity contribution >= 4 is 8.53 Å². The Balaban J connectivity index is 2.44. The van der Waals surface area contributed by atoms with Crippen LogP contribution in [0.1, 0.15) is 78.4 Å². The van der Waals surface area contributed by atoms with Crippen LogP contribution in [0.2, 0.25) is 0 Å². The van der Waals surface area contributed by atoms with Crippen LogP contribution in [0.4, 0.5) is 0 Å². The van der Waals surface area contributed by atoms with E-state index in [2.05, 4.69) is 96.5 Å². The molecule has 0 N–H and O–H groups in total. The molecule has 0 atom stereocenters. The minimum Gasteiger partial charge on any atom is -0.427 e. The third-order valence-corrected chi connectivity index (χ3v) is 6.69. The van der Waals surface area contributed by atoms with Crippen molar-refractivity contribution in [1.82, 2.24) is 4.67 Å². The van der Waals surface area contributed by atoms with E-state index in [4.69, 9.17) is 9.05 Å². The van der Waals surface area contributed by atoms with E-state index < -0.39 is 8.53 Å². The Kier molecular flexibility index (Phi) is 8.34. The van der Waals surface area contributed by atoms with Crippen LogP contribution >= 0.6 is 8.53 Å². The molecule has 154 valence electrons. The van der Waals surface area contributed by atoms with Gasteiger partial charge in [0, 0.05) is 12.1 Å². The Morgan fingerprint density at radius 3 is 1.29 bits per heavy atom. The van der Waals surface area contributed by atoms with Crippen molar-refractivity contribution < 1.29 is 9.05 Å². The van der Waals surface area contributed by atoms with E-state index in [1.807, 2.05) is 12.1 Å². The van der Waals surface area contributed by atoms with Gasteiger partial charge in [-0.2, -0.15) is 0 Å². The second-order valence-corrected chi connectivity index (χ2v) is 9.68. The van der Waals surface area contributed by atoms with Gasteiger partial charge in [-0.15, -0.1) is 0 Å². The molecule has 2 aromatic carbocycles. The van der Waals surface area contributed by atoms with Crippen LogP contribution in [0, 0.1) is 0 Å². The van der Waals surface area contributed by atoms with E-state index in [-0.39, 0.29) is 0 Å². The third-order valence-electron chi connectivity index (χ3n) is 4.68. The summed E-state index contributed by atoms with van der Waals surface area (Å²) in [5.74, 6) is 2.61. The molecule has 0 bridgehead atoms. The molecule has 0 aromatic heterocycles. The fourth-order valence-electron chi connectivity index (χ4n) is 3.34. The molecule has 0 amide bonds. The molecule has 0 unspecified atom stereocenters. The summed E-state index contributed by atoms with van der Waals surface area (Å²) in [6.45, 7) is 17.6. The molecule has 2 aromatic rings. The quantitative estimate of drug-likeness (QED) is 0.401. The van der Waals surface area contributed by atoms with Crippen LogP contribution in [-0.2, 0) is 0 Å². The average molecular weight is 402 g/mol. The SMILES string of the molecule is CC(C)c1ccccc1OP(Oc1ccccc1C(C)C)N(C(C)C)C(C)C. The van der Waals surface area contributed by atoms with Crippen molar-refractivity contribution in [2.75, 3.05) is 0 Å². The zero-order valence-corrected chi connectivity index (χ0v) is 19.5. The molecular weight excluding hydrogens is 365 g/mol. The first kappa shape index (κ1) is 22.7. The summed E-state index contributed by atoms with van der Waals surface area (Å²) >= 11 is 0. The van der Waals surface area contributed by atoms with Crippen molar-refractivity contribution in [2.24, 2.45) is 0 Å². The molecule has 0 aliphatic rings. The molecule has 0 aliphatic heterocycles. The van der Waals surface area contributed by atoms with Gasteiger partial charge in [0.15, 0.2) is 0 Å². The van der Waals surface area contributed by atoms with Crippen molar-refractivity contribution in [3.8, 4) is 11.5 Å². The lowest BCUT2D eigenvalue weighted by molar-refractivity contribution is 0.265. The second-order valence-electron chi connectivity index (χ2n) is 8.37. The van der Waals surface area contributed by atoms with Gasteiger partial charge in [0.1, 0.15) is 11.5 Å². The lowest BCUT2D eigenvalue weighted by Gasteiger charge is -2.36. The Morgan fingerprint density at radius 2 is 0.964 bits per heavy atom. The molecule has 0 saturated heterocycles.